The van der Waals surface area contributed by atoms with Gasteiger partial charge in [-0.25, -0.2) is 4.39 Å². The summed E-state index contributed by atoms with van der Waals surface area (Å²) < 4.78 is 13.6. The van der Waals surface area contributed by atoms with Crippen LogP contribution in [0.4, 0.5) is 15.8 Å². The summed E-state index contributed by atoms with van der Waals surface area (Å²) in [5.74, 6) is -0.179. The summed E-state index contributed by atoms with van der Waals surface area (Å²) >= 11 is 0. The molecule has 21 heavy (non-hydrogen) atoms. The van der Waals surface area contributed by atoms with Crippen molar-refractivity contribution in [2.75, 3.05) is 11.4 Å². The average molecular weight is 284 g/mol. The first-order chi connectivity index (χ1) is 10.0. The van der Waals surface area contributed by atoms with E-state index in [0.29, 0.717) is 0 Å². The molecule has 1 aliphatic rings. The molecule has 1 aliphatic heterocycles. The summed E-state index contributed by atoms with van der Waals surface area (Å²) in [6.07, 6.45) is 1.79. The van der Waals surface area contributed by atoms with Crippen LogP contribution in [0.25, 0.3) is 0 Å². The molecule has 0 aromatic heterocycles. The Bertz CT molecular complexity index is 664. The minimum absolute atomic E-state index is 0.111. The lowest BCUT2D eigenvalue weighted by molar-refractivity contribution is 0.628. The minimum Gasteiger partial charge on any atom is -0.341 e. The highest BCUT2D eigenvalue weighted by Gasteiger charge is 2.23. The summed E-state index contributed by atoms with van der Waals surface area (Å²) in [4.78, 5) is 2.22. The fourth-order valence-corrected chi connectivity index (χ4v) is 3.09. The van der Waals surface area contributed by atoms with Crippen LogP contribution in [-0.4, -0.2) is 12.6 Å². The van der Waals surface area contributed by atoms with E-state index < -0.39 is 0 Å². The monoisotopic (exact) mass is 284 g/mol. The number of benzene rings is 2. The predicted molar refractivity (Wildman–Crippen MR) is 85.6 cm³/mol. The second-order valence-electron chi connectivity index (χ2n) is 5.99. The zero-order valence-electron chi connectivity index (χ0n) is 12.6. The largest absolute Gasteiger partial charge is 0.341 e. The van der Waals surface area contributed by atoms with Crippen LogP contribution >= 0.6 is 0 Å². The lowest BCUT2D eigenvalue weighted by Crippen LogP contribution is -2.21. The van der Waals surface area contributed by atoms with E-state index in [1.807, 2.05) is 13.0 Å². The molecule has 1 heterocycles. The maximum absolute atomic E-state index is 13.6. The van der Waals surface area contributed by atoms with E-state index in [-0.39, 0.29) is 11.9 Å². The van der Waals surface area contributed by atoms with Crippen molar-refractivity contribution in [2.24, 2.45) is 5.73 Å². The number of hydrogen-bond acceptors (Lipinski definition) is 2. The number of nitrogens with zero attached hydrogens (tertiary/aromatic N) is 1. The summed E-state index contributed by atoms with van der Waals surface area (Å²) in [5, 5.41) is 0. The number of halogens is 1. The van der Waals surface area contributed by atoms with Crippen LogP contribution in [0.3, 0.4) is 0 Å². The van der Waals surface area contributed by atoms with Gasteiger partial charge in [-0.05, 0) is 56.0 Å². The predicted octanol–water partition coefficient (Wildman–Crippen LogP) is 3.72. The van der Waals surface area contributed by atoms with Crippen LogP contribution in [0.1, 0.15) is 23.6 Å². The number of aryl methyl sites for hydroxylation is 1. The van der Waals surface area contributed by atoms with Crippen LogP contribution in [-0.2, 0) is 12.8 Å². The SMILES string of the molecule is Cc1ccc(N2CCc3ccc(F)cc32)c(CC(C)N)c1. The molecule has 2 nitrogen and oxygen atoms in total. The summed E-state index contributed by atoms with van der Waals surface area (Å²) in [6, 6.07) is 11.6. The first kappa shape index (κ1) is 14.1. The number of nitrogens with two attached hydrogens (primary N) is 1. The van der Waals surface area contributed by atoms with Gasteiger partial charge in [-0.1, -0.05) is 23.8 Å². The molecule has 2 N–H and O–H groups in total. The summed E-state index contributed by atoms with van der Waals surface area (Å²) in [6.45, 7) is 5.00. The van der Waals surface area contributed by atoms with Crippen molar-refractivity contribution in [2.45, 2.75) is 32.7 Å². The Labute approximate surface area is 125 Å². The molecule has 0 radical (unpaired) electrons. The fourth-order valence-electron chi connectivity index (χ4n) is 3.09. The topological polar surface area (TPSA) is 29.3 Å². The van der Waals surface area contributed by atoms with E-state index in [1.165, 1.54) is 16.7 Å². The van der Waals surface area contributed by atoms with Crippen molar-refractivity contribution in [3.8, 4) is 0 Å². The van der Waals surface area contributed by atoms with Gasteiger partial charge in [0.05, 0.1) is 0 Å². The summed E-state index contributed by atoms with van der Waals surface area (Å²) in [5.41, 5.74) is 11.8. The van der Waals surface area contributed by atoms with Crippen molar-refractivity contribution in [1.29, 1.82) is 0 Å². The molecule has 2 aromatic carbocycles. The van der Waals surface area contributed by atoms with Gasteiger partial charge < -0.3 is 10.6 Å². The Hall–Kier alpha value is -1.87. The van der Waals surface area contributed by atoms with E-state index in [4.69, 9.17) is 5.73 Å². The molecule has 110 valence electrons. The zero-order chi connectivity index (χ0) is 15.0. The Kier molecular flexibility index (Phi) is 3.68. The van der Waals surface area contributed by atoms with Crippen molar-refractivity contribution in [1.82, 2.24) is 0 Å². The third-order valence-corrected chi connectivity index (χ3v) is 4.01. The molecule has 0 fully saturated rings. The molecule has 1 atom stereocenters. The van der Waals surface area contributed by atoms with E-state index in [2.05, 4.69) is 30.0 Å². The lowest BCUT2D eigenvalue weighted by Gasteiger charge is -2.24. The maximum atomic E-state index is 13.6. The molecular formula is C18H21FN2. The van der Waals surface area contributed by atoms with Gasteiger partial charge in [-0.2, -0.15) is 0 Å². The first-order valence-corrected chi connectivity index (χ1v) is 7.45. The number of anilines is 2. The average Bonchev–Trinajstić information content (AvgIpc) is 2.81. The number of hydrogen-bond donors (Lipinski definition) is 1. The highest BCUT2D eigenvalue weighted by molar-refractivity contribution is 5.72. The highest BCUT2D eigenvalue weighted by atomic mass is 19.1. The smallest absolute Gasteiger partial charge is 0.125 e. The number of rotatable bonds is 3. The van der Waals surface area contributed by atoms with E-state index in [1.54, 1.807) is 12.1 Å². The van der Waals surface area contributed by atoms with Crippen molar-refractivity contribution < 1.29 is 4.39 Å². The molecule has 0 spiro atoms. The van der Waals surface area contributed by atoms with Gasteiger partial charge in [-0.15, -0.1) is 0 Å². The third kappa shape index (κ3) is 2.79. The molecule has 0 saturated carbocycles. The Balaban J connectivity index is 2.04. The van der Waals surface area contributed by atoms with E-state index >= 15 is 0 Å². The fraction of sp³-hybridized carbons (Fsp3) is 0.333. The standard InChI is InChI=1S/C18H21FN2/c1-12-3-6-17(15(9-12)10-13(2)20)21-8-7-14-4-5-16(19)11-18(14)21/h3-6,9,11,13H,7-8,10,20H2,1-2H3. The van der Waals surface area contributed by atoms with Crippen LogP contribution < -0.4 is 10.6 Å². The van der Waals surface area contributed by atoms with Gasteiger partial charge >= 0.3 is 0 Å². The third-order valence-electron chi connectivity index (χ3n) is 4.01. The molecule has 3 rings (SSSR count). The minimum atomic E-state index is -0.179. The van der Waals surface area contributed by atoms with Crippen molar-refractivity contribution in [3.63, 3.8) is 0 Å². The van der Waals surface area contributed by atoms with Crippen LogP contribution in [0.15, 0.2) is 36.4 Å². The molecule has 0 bridgehead atoms. The van der Waals surface area contributed by atoms with Gasteiger partial charge in [0.2, 0.25) is 0 Å². The molecule has 3 heteroatoms. The van der Waals surface area contributed by atoms with Crippen molar-refractivity contribution in [3.05, 3.63) is 58.9 Å². The van der Waals surface area contributed by atoms with Gasteiger partial charge in [0, 0.05) is 24.0 Å². The van der Waals surface area contributed by atoms with Crippen molar-refractivity contribution >= 4 is 11.4 Å². The molecule has 2 aromatic rings. The zero-order valence-corrected chi connectivity index (χ0v) is 12.6. The lowest BCUT2D eigenvalue weighted by atomic mass is 10.0. The van der Waals surface area contributed by atoms with Crippen LogP contribution in [0, 0.1) is 12.7 Å². The van der Waals surface area contributed by atoms with Crippen LogP contribution in [0.5, 0.6) is 0 Å². The van der Waals surface area contributed by atoms with E-state index in [0.717, 1.165) is 30.8 Å². The highest BCUT2D eigenvalue weighted by Crippen LogP contribution is 2.37. The first-order valence-electron chi connectivity index (χ1n) is 7.45. The quantitative estimate of drug-likeness (QED) is 0.930. The summed E-state index contributed by atoms with van der Waals surface area (Å²) in [7, 11) is 0. The molecule has 0 aliphatic carbocycles. The van der Waals surface area contributed by atoms with Crippen LogP contribution in [0.2, 0.25) is 0 Å². The Morgan fingerprint density at radius 2 is 2.00 bits per heavy atom. The van der Waals surface area contributed by atoms with Gasteiger partial charge in [0.15, 0.2) is 0 Å². The van der Waals surface area contributed by atoms with Gasteiger partial charge in [0.1, 0.15) is 5.82 Å². The molecule has 0 amide bonds. The molecule has 0 saturated heterocycles. The van der Waals surface area contributed by atoms with Gasteiger partial charge in [-0.3, -0.25) is 0 Å². The maximum Gasteiger partial charge on any atom is 0.125 e. The van der Waals surface area contributed by atoms with Gasteiger partial charge in [0.25, 0.3) is 0 Å². The second kappa shape index (κ2) is 5.49. The Morgan fingerprint density at radius 3 is 2.76 bits per heavy atom. The molecule has 1 unspecified atom stereocenters. The Morgan fingerprint density at radius 1 is 1.19 bits per heavy atom. The van der Waals surface area contributed by atoms with E-state index in [9.17, 15) is 4.39 Å². The second-order valence-corrected chi connectivity index (χ2v) is 5.99. The normalized spacial score (nSPS) is 15.1. The number of fused-ring (bicyclic) bond motifs is 1. The molecular weight excluding hydrogens is 263 g/mol.